The maximum absolute atomic E-state index is 13.4. The molecule has 1 aliphatic heterocycles. The van der Waals surface area contributed by atoms with Crippen molar-refractivity contribution in [3.63, 3.8) is 0 Å². The molecule has 2 nitrogen and oxygen atoms in total. The van der Waals surface area contributed by atoms with E-state index in [1.54, 1.807) is 12.1 Å². The van der Waals surface area contributed by atoms with Gasteiger partial charge in [-0.15, -0.1) is 0 Å². The Morgan fingerprint density at radius 1 is 1.08 bits per heavy atom. The average molecular weight is 351 g/mol. The molecule has 4 rings (SSSR count). The van der Waals surface area contributed by atoms with E-state index < -0.39 is 0 Å². The van der Waals surface area contributed by atoms with Crippen molar-refractivity contribution in [2.24, 2.45) is 5.92 Å². The van der Waals surface area contributed by atoms with Crippen LogP contribution in [0.15, 0.2) is 42.5 Å². The molecule has 1 aliphatic carbocycles. The molecule has 2 aromatic rings. The number of rotatable bonds is 3. The topological polar surface area (TPSA) is 23.5 Å². The lowest BCUT2D eigenvalue weighted by molar-refractivity contribution is 0.00125. The summed E-state index contributed by atoms with van der Waals surface area (Å²) in [6.45, 7) is 5.90. The van der Waals surface area contributed by atoms with Crippen LogP contribution < -0.4 is 10.4 Å². The molecule has 136 valence electrons. The molecular formula is C23H26FNO. The van der Waals surface area contributed by atoms with Crippen molar-refractivity contribution in [3.8, 4) is 0 Å². The lowest BCUT2D eigenvalue weighted by atomic mass is 9.86. The predicted octanol–water partition coefficient (Wildman–Crippen LogP) is 2.94. The van der Waals surface area contributed by atoms with Gasteiger partial charge in [0.15, 0.2) is 0 Å². The molecule has 0 saturated carbocycles. The van der Waals surface area contributed by atoms with E-state index in [4.69, 9.17) is 0 Å². The molecule has 0 amide bonds. The van der Waals surface area contributed by atoms with Gasteiger partial charge in [-0.25, -0.2) is 4.39 Å². The van der Waals surface area contributed by atoms with Gasteiger partial charge in [0.05, 0.1) is 0 Å². The Morgan fingerprint density at radius 3 is 2.42 bits per heavy atom. The van der Waals surface area contributed by atoms with Crippen LogP contribution >= 0.6 is 0 Å². The Morgan fingerprint density at radius 2 is 1.77 bits per heavy atom. The molecule has 0 spiro atoms. The summed E-state index contributed by atoms with van der Waals surface area (Å²) in [6, 6.07) is 13.5. The van der Waals surface area contributed by atoms with Gasteiger partial charge in [-0.1, -0.05) is 35.9 Å². The highest BCUT2D eigenvalue weighted by atomic mass is 19.1. The average Bonchev–Trinajstić information content (AvgIpc) is 3.03. The van der Waals surface area contributed by atoms with Crippen LogP contribution in [0.2, 0.25) is 0 Å². The molecule has 1 heterocycles. The van der Waals surface area contributed by atoms with Crippen molar-refractivity contribution in [2.45, 2.75) is 39.3 Å². The molecule has 0 radical (unpaired) electrons. The van der Waals surface area contributed by atoms with Crippen molar-refractivity contribution in [1.29, 1.82) is 0 Å². The van der Waals surface area contributed by atoms with E-state index in [1.807, 2.05) is 19.1 Å². The molecule has 1 fully saturated rings. The number of likely N-dealkylation sites (tertiary alicyclic amines) is 1. The second-order valence-corrected chi connectivity index (χ2v) is 7.63. The fraction of sp³-hybridized carbons (Fsp3) is 0.391. The normalized spacial score (nSPS) is 19.7. The van der Waals surface area contributed by atoms with Gasteiger partial charge in [-0.2, -0.15) is 0 Å². The number of fused-ring (bicyclic) bond motifs is 1. The third-order valence-electron chi connectivity index (χ3n) is 6.03. The SMILES string of the molecule is Cc1cccc2c1=C(c1ccc(F)cc1)CC=2C1CCN(C(C)O)CC1. The zero-order valence-corrected chi connectivity index (χ0v) is 15.5. The molecule has 1 saturated heterocycles. The summed E-state index contributed by atoms with van der Waals surface area (Å²) in [4.78, 5) is 2.15. The van der Waals surface area contributed by atoms with Crippen LogP contribution in [-0.4, -0.2) is 29.3 Å². The monoisotopic (exact) mass is 351 g/mol. The van der Waals surface area contributed by atoms with Gasteiger partial charge in [0.1, 0.15) is 12.0 Å². The van der Waals surface area contributed by atoms with E-state index in [9.17, 15) is 9.50 Å². The second kappa shape index (κ2) is 6.98. The van der Waals surface area contributed by atoms with Gasteiger partial charge in [0.25, 0.3) is 0 Å². The number of halogens is 1. The quantitative estimate of drug-likeness (QED) is 0.919. The van der Waals surface area contributed by atoms with Crippen LogP contribution in [0, 0.1) is 18.7 Å². The van der Waals surface area contributed by atoms with Crippen molar-refractivity contribution in [1.82, 2.24) is 4.90 Å². The van der Waals surface area contributed by atoms with E-state index in [-0.39, 0.29) is 12.0 Å². The van der Waals surface area contributed by atoms with Gasteiger partial charge >= 0.3 is 0 Å². The maximum atomic E-state index is 13.4. The van der Waals surface area contributed by atoms with Crippen molar-refractivity contribution in [3.05, 3.63) is 69.8 Å². The Balaban J connectivity index is 1.75. The number of aliphatic hydroxyl groups is 1. The standard InChI is InChI=1S/C23H26FNO/c1-15-4-3-5-20-21(18-10-12-25(13-11-18)16(2)26)14-22(23(15)20)17-6-8-19(24)9-7-17/h3-9,16,18,26H,10-14H2,1-2H3. The fourth-order valence-corrected chi connectivity index (χ4v) is 4.59. The number of benzene rings is 2. The van der Waals surface area contributed by atoms with Crippen LogP contribution in [0.5, 0.6) is 0 Å². The van der Waals surface area contributed by atoms with Crippen LogP contribution in [0.25, 0.3) is 11.1 Å². The van der Waals surface area contributed by atoms with Gasteiger partial charge in [-0.3, -0.25) is 4.90 Å². The number of aliphatic hydroxyl groups excluding tert-OH is 1. The van der Waals surface area contributed by atoms with E-state index in [0.29, 0.717) is 5.92 Å². The van der Waals surface area contributed by atoms with Crippen LogP contribution in [0.4, 0.5) is 4.39 Å². The maximum Gasteiger partial charge on any atom is 0.123 e. The van der Waals surface area contributed by atoms with Crippen molar-refractivity contribution >= 4 is 11.1 Å². The minimum atomic E-state index is -0.361. The first-order valence-electron chi connectivity index (χ1n) is 9.54. The molecule has 0 bridgehead atoms. The predicted molar refractivity (Wildman–Crippen MR) is 103 cm³/mol. The highest BCUT2D eigenvalue weighted by molar-refractivity contribution is 5.79. The highest BCUT2D eigenvalue weighted by Gasteiger charge is 2.27. The molecule has 1 atom stereocenters. The van der Waals surface area contributed by atoms with Crippen LogP contribution in [0.3, 0.4) is 0 Å². The largest absolute Gasteiger partial charge is 0.379 e. The summed E-state index contributed by atoms with van der Waals surface area (Å²) in [5.74, 6) is 0.371. The lowest BCUT2D eigenvalue weighted by Gasteiger charge is -2.34. The second-order valence-electron chi connectivity index (χ2n) is 7.63. The number of piperidine rings is 1. The van der Waals surface area contributed by atoms with E-state index in [0.717, 1.165) is 37.9 Å². The van der Waals surface area contributed by atoms with E-state index >= 15 is 0 Å². The first kappa shape index (κ1) is 17.4. The molecule has 26 heavy (non-hydrogen) atoms. The Bertz CT molecular complexity index is 922. The fourth-order valence-electron chi connectivity index (χ4n) is 4.59. The van der Waals surface area contributed by atoms with Gasteiger partial charge in [-0.05, 0) is 78.3 Å². The number of hydrogen-bond acceptors (Lipinski definition) is 2. The molecule has 0 aromatic heterocycles. The van der Waals surface area contributed by atoms with E-state index in [2.05, 4.69) is 30.0 Å². The Kier molecular flexibility index (Phi) is 4.68. The minimum Gasteiger partial charge on any atom is -0.379 e. The van der Waals surface area contributed by atoms with Gasteiger partial charge in [0, 0.05) is 13.1 Å². The third kappa shape index (κ3) is 3.10. The smallest absolute Gasteiger partial charge is 0.123 e. The molecule has 1 N–H and O–H groups in total. The first-order chi connectivity index (χ1) is 12.5. The number of hydrogen-bond donors (Lipinski definition) is 1. The summed E-state index contributed by atoms with van der Waals surface area (Å²) in [5, 5.41) is 12.5. The Labute approximate surface area is 154 Å². The van der Waals surface area contributed by atoms with Gasteiger partial charge < -0.3 is 5.11 Å². The van der Waals surface area contributed by atoms with Crippen LogP contribution in [-0.2, 0) is 0 Å². The molecule has 2 aromatic carbocycles. The zero-order chi connectivity index (χ0) is 18.3. The molecule has 3 heteroatoms. The van der Waals surface area contributed by atoms with Crippen molar-refractivity contribution in [2.75, 3.05) is 13.1 Å². The minimum absolute atomic E-state index is 0.188. The molecule has 2 aliphatic rings. The molecular weight excluding hydrogens is 325 g/mol. The van der Waals surface area contributed by atoms with Gasteiger partial charge in [0.2, 0.25) is 0 Å². The summed E-state index contributed by atoms with van der Waals surface area (Å²) >= 11 is 0. The lowest BCUT2D eigenvalue weighted by Crippen LogP contribution is -2.40. The summed E-state index contributed by atoms with van der Waals surface area (Å²) in [7, 11) is 0. The highest BCUT2D eigenvalue weighted by Crippen LogP contribution is 2.33. The molecule has 1 unspecified atom stereocenters. The van der Waals surface area contributed by atoms with Crippen LogP contribution in [0.1, 0.15) is 37.3 Å². The third-order valence-corrected chi connectivity index (χ3v) is 6.03. The number of aryl methyl sites for hydroxylation is 1. The summed E-state index contributed by atoms with van der Waals surface area (Å²) in [6.07, 6.45) is 2.76. The number of nitrogens with zero attached hydrogens (tertiary/aromatic N) is 1. The first-order valence-corrected chi connectivity index (χ1v) is 9.54. The summed E-state index contributed by atoms with van der Waals surface area (Å²) < 4.78 is 13.4. The Hall–Kier alpha value is -1.97. The summed E-state index contributed by atoms with van der Waals surface area (Å²) in [5.41, 5.74) is 5.26. The van der Waals surface area contributed by atoms with E-state index in [1.165, 1.54) is 27.1 Å². The van der Waals surface area contributed by atoms with Crippen molar-refractivity contribution < 1.29 is 9.50 Å². The zero-order valence-electron chi connectivity index (χ0n) is 15.5.